The molecule has 0 amide bonds. The first-order chi connectivity index (χ1) is 14.1. The van der Waals surface area contributed by atoms with E-state index in [0.29, 0.717) is 0 Å². The van der Waals surface area contributed by atoms with Crippen LogP contribution in [0, 0.1) is 0 Å². The summed E-state index contributed by atoms with van der Waals surface area (Å²) in [5.74, 6) is 0.884. The summed E-state index contributed by atoms with van der Waals surface area (Å²) in [6.45, 7) is 0. The molecule has 0 aromatic heterocycles. The van der Waals surface area contributed by atoms with Crippen LogP contribution in [0.3, 0.4) is 0 Å². The zero-order chi connectivity index (χ0) is 20.2. The van der Waals surface area contributed by atoms with Crippen LogP contribution < -0.4 is 20.7 Å². The zero-order valence-corrected chi connectivity index (χ0v) is 18.9. The van der Waals surface area contributed by atoms with E-state index in [1.807, 2.05) is 6.07 Å². The number of rotatable bonds is 6. The molecule has 4 rings (SSSR count). The van der Waals surface area contributed by atoms with Gasteiger partial charge >= 0.3 is 181 Å². The Kier molecular flexibility index (Phi) is 5.58. The average Bonchev–Trinajstić information content (AvgIpc) is 2.81. The van der Waals surface area contributed by atoms with Gasteiger partial charge in [-0.15, -0.1) is 0 Å². The Morgan fingerprint density at radius 3 is 1.48 bits per heavy atom. The minimum absolute atomic E-state index is 0.862. The molecule has 0 unspecified atom stereocenters. The van der Waals surface area contributed by atoms with Crippen molar-refractivity contribution in [1.29, 1.82) is 0 Å². The Morgan fingerprint density at radius 1 is 0.621 bits per heavy atom. The Labute approximate surface area is 181 Å². The van der Waals surface area contributed by atoms with Gasteiger partial charge in [-0.05, 0) is 0 Å². The SMILES string of the molecule is COc1cccc(CP(Br)(c2ccccc2)(c2ccccc2)c2ccccc2)c1. The van der Waals surface area contributed by atoms with Gasteiger partial charge in [-0.25, -0.2) is 0 Å². The predicted molar refractivity (Wildman–Crippen MR) is 131 cm³/mol. The molecule has 4 aromatic rings. The Hall–Kier alpha value is -2.41. The summed E-state index contributed by atoms with van der Waals surface area (Å²) in [6, 6.07) is 41.0. The molecule has 1 nitrogen and oxygen atoms in total. The van der Waals surface area contributed by atoms with Crippen LogP contribution in [-0.2, 0) is 6.16 Å². The molecule has 0 aliphatic rings. The predicted octanol–water partition coefficient (Wildman–Crippen LogP) is 6.03. The number of hydrogen-bond acceptors (Lipinski definition) is 1. The second-order valence-corrected chi connectivity index (χ2v) is 16.1. The van der Waals surface area contributed by atoms with E-state index in [9.17, 15) is 0 Å². The van der Waals surface area contributed by atoms with Crippen LogP contribution in [0.4, 0.5) is 0 Å². The van der Waals surface area contributed by atoms with Gasteiger partial charge in [0, 0.05) is 0 Å². The second-order valence-electron chi connectivity index (χ2n) is 7.20. The van der Waals surface area contributed by atoms with E-state index in [-0.39, 0.29) is 0 Å². The third-order valence-electron chi connectivity index (χ3n) is 5.50. The molecule has 146 valence electrons. The van der Waals surface area contributed by atoms with Crippen LogP contribution >= 0.6 is 20.8 Å². The van der Waals surface area contributed by atoms with Crippen LogP contribution in [0.2, 0.25) is 0 Å². The number of ether oxygens (including phenoxy) is 1. The molecule has 0 saturated carbocycles. The van der Waals surface area contributed by atoms with Crippen molar-refractivity contribution in [3.8, 4) is 5.75 Å². The van der Waals surface area contributed by atoms with E-state index in [0.717, 1.165) is 11.9 Å². The van der Waals surface area contributed by atoms with Gasteiger partial charge in [0.2, 0.25) is 0 Å². The van der Waals surface area contributed by atoms with E-state index in [1.54, 1.807) is 7.11 Å². The normalized spacial score (nSPS) is 12.7. The van der Waals surface area contributed by atoms with Crippen LogP contribution in [-0.4, -0.2) is 7.11 Å². The number of methoxy groups -OCH3 is 1. The van der Waals surface area contributed by atoms with E-state index in [2.05, 4.69) is 125 Å². The van der Waals surface area contributed by atoms with Crippen molar-refractivity contribution in [2.24, 2.45) is 0 Å². The molecule has 0 radical (unpaired) electrons. The summed E-state index contributed by atoms with van der Waals surface area (Å²) in [6.07, 6.45) is 0.862. The summed E-state index contributed by atoms with van der Waals surface area (Å²) >= 11 is 4.49. The molecule has 0 saturated heterocycles. The molecule has 0 aliphatic heterocycles. The fourth-order valence-corrected chi connectivity index (χ4v) is 11.8. The van der Waals surface area contributed by atoms with Gasteiger partial charge in [0.25, 0.3) is 0 Å². The van der Waals surface area contributed by atoms with Gasteiger partial charge in [-0.2, -0.15) is 0 Å². The number of benzene rings is 4. The van der Waals surface area contributed by atoms with Gasteiger partial charge in [0.15, 0.2) is 0 Å². The van der Waals surface area contributed by atoms with Gasteiger partial charge in [0.05, 0.1) is 0 Å². The summed E-state index contributed by atoms with van der Waals surface area (Å²) in [5.41, 5.74) is 1.25. The Bertz CT molecular complexity index is 982. The molecule has 0 atom stereocenters. The maximum absolute atomic E-state index is 5.52. The van der Waals surface area contributed by atoms with Gasteiger partial charge in [-0.1, -0.05) is 0 Å². The van der Waals surface area contributed by atoms with Crippen molar-refractivity contribution in [2.75, 3.05) is 7.11 Å². The molecule has 0 bridgehead atoms. The Morgan fingerprint density at radius 2 is 1.07 bits per heavy atom. The van der Waals surface area contributed by atoms with Gasteiger partial charge < -0.3 is 0 Å². The van der Waals surface area contributed by atoms with Crippen molar-refractivity contribution in [3.05, 3.63) is 121 Å². The Balaban J connectivity index is 2.06. The summed E-state index contributed by atoms with van der Waals surface area (Å²) in [5, 5.41) is 0.995. The van der Waals surface area contributed by atoms with Crippen molar-refractivity contribution in [2.45, 2.75) is 6.16 Å². The molecule has 0 aliphatic carbocycles. The maximum atomic E-state index is 5.52. The van der Waals surface area contributed by atoms with Crippen molar-refractivity contribution >= 4 is 36.7 Å². The fraction of sp³-hybridized carbons (Fsp3) is 0.0769. The molecule has 4 aromatic carbocycles. The molecule has 29 heavy (non-hydrogen) atoms. The first kappa shape index (κ1) is 19.9. The zero-order valence-electron chi connectivity index (χ0n) is 16.4. The quantitative estimate of drug-likeness (QED) is 0.317. The summed E-state index contributed by atoms with van der Waals surface area (Å²) in [4.78, 5) is 0. The minimum atomic E-state index is -2.96. The molecular formula is C26H24BrOP. The van der Waals surface area contributed by atoms with Crippen LogP contribution in [0.1, 0.15) is 5.56 Å². The second kappa shape index (κ2) is 8.14. The van der Waals surface area contributed by atoms with Crippen molar-refractivity contribution in [1.82, 2.24) is 0 Å². The van der Waals surface area contributed by atoms with Crippen LogP contribution in [0.25, 0.3) is 0 Å². The summed E-state index contributed by atoms with van der Waals surface area (Å²) < 4.78 is 5.52. The first-order valence-corrected chi connectivity index (χ1v) is 14.1. The molecule has 3 heteroatoms. The van der Waals surface area contributed by atoms with Crippen LogP contribution in [0.5, 0.6) is 5.75 Å². The van der Waals surface area contributed by atoms with E-state index < -0.39 is 5.31 Å². The van der Waals surface area contributed by atoms with Gasteiger partial charge in [-0.3, -0.25) is 0 Å². The summed E-state index contributed by atoms with van der Waals surface area (Å²) in [7, 11) is 1.72. The molecule has 0 heterocycles. The number of hydrogen-bond donors (Lipinski definition) is 0. The standard InChI is InChI=1S/C26H24BrOP/c1-28-23-13-11-12-22(20-23)21-29(27,24-14-5-2-6-15-24,25-16-7-3-8-17-25)26-18-9-4-10-19-26/h2-20H,21H2,1H3. The third kappa shape index (κ3) is 3.52. The van der Waals surface area contributed by atoms with Crippen LogP contribution in [0.15, 0.2) is 115 Å². The molecule has 0 spiro atoms. The third-order valence-corrected chi connectivity index (χ3v) is 15.0. The van der Waals surface area contributed by atoms with Gasteiger partial charge in [0.1, 0.15) is 0 Å². The first-order valence-electron chi connectivity index (χ1n) is 9.68. The topological polar surface area (TPSA) is 9.23 Å². The molecule has 0 fully saturated rings. The molecule has 0 N–H and O–H groups in total. The van der Waals surface area contributed by atoms with Crippen molar-refractivity contribution in [3.63, 3.8) is 0 Å². The number of halogens is 1. The fourth-order valence-electron chi connectivity index (χ4n) is 4.05. The average molecular weight is 463 g/mol. The van der Waals surface area contributed by atoms with E-state index >= 15 is 0 Å². The monoisotopic (exact) mass is 462 g/mol. The van der Waals surface area contributed by atoms with E-state index in [4.69, 9.17) is 4.74 Å². The molecular weight excluding hydrogens is 439 g/mol. The van der Waals surface area contributed by atoms with Crippen molar-refractivity contribution < 1.29 is 4.74 Å². The van der Waals surface area contributed by atoms with E-state index in [1.165, 1.54) is 21.5 Å².